The van der Waals surface area contributed by atoms with Crippen molar-refractivity contribution >= 4 is 5.69 Å². The van der Waals surface area contributed by atoms with Gasteiger partial charge in [0.25, 0.3) is 0 Å². The molecule has 0 aliphatic carbocycles. The Hall–Kier alpha value is -2.43. The van der Waals surface area contributed by atoms with Crippen LogP contribution in [-0.2, 0) is 13.0 Å². The SMILES string of the molecule is CCc1ccc(OCc2cccc([N+](=O)[O-])c2F)cc1. The third-order valence-corrected chi connectivity index (χ3v) is 2.98. The van der Waals surface area contributed by atoms with E-state index >= 15 is 0 Å². The first-order chi connectivity index (χ1) is 9.61. The summed E-state index contributed by atoms with van der Waals surface area (Å²) in [5, 5.41) is 10.6. The van der Waals surface area contributed by atoms with E-state index in [9.17, 15) is 14.5 Å². The lowest BCUT2D eigenvalue weighted by Crippen LogP contribution is -2.01. The smallest absolute Gasteiger partial charge is 0.305 e. The molecule has 0 saturated heterocycles. The standard InChI is InChI=1S/C15H14FNO3/c1-2-11-6-8-13(9-7-11)20-10-12-4-3-5-14(15(12)16)17(18)19/h3-9H,2,10H2,1H3. The number of nitro benzene ring substituents is 1. The molecule has 4 nitrogen and oxygen atoms in total. The van der Waals surface area contributed by atoms with Gasteiger partial charge in [0.1, 0.15) is 12.4 Å². The number of benzene rings is 2. The lowest BCUT2D eigenvalue weighted by molar-refractivity contribution is -0.387. The monoisotopic (exact) mass is 275 g/mol. The van der Waals surface area contributed by atoms with Gasteiger partial charge in [0, 0.05) is 11.6 Å². The second-order valence-corrected chi connectivity index (χ2v) is 4.29. The first-order valence-corrected chi connectivity index (χ1v) is 6.25. The highest BCUT2D eigenvalue weighted by molar-refractivity contribution is 5.37. The fourth-order valence-electron chi connectivity index (χ4n) is 1.80. The summed E-state index contributed by atoms with van der Waals surface area (Å²) >= 11 is 0. The Balaban J connectivity index is 2.10. The van der Waals surface area contributed by atoms with Crippen molar-refractivity contribution in [2.24, 2.45) is 0 Å². The van der Waals surface area contributed by atoms with E-state index in [1.807, 2.05) is 19.1 Å². The zero-order valence-corrected chi connectivity index (χ0v) is 11.0. The summed E-state index contributed by atoms with van der Waals surface area (Å²) < 4.78 is 19.3. The molecule has 2 rings (SSSR count). The molecule has 0 saturated carbocycles. The summed E-state index contributed by atoms with van der Waals surface area (Å²) in [7, 11) is 0. The van der Waals surface area contributed by atoms with Crippen molar-refractivity contribution < 1.29 is 14.1 Å². The molecular formula is C15H14FNO3. The van der Waals surface area contributed by atoms with Gasteiger partial charge in [-0.05, 0) is 24.1 Å². The zero-order valence-electron chi connectivity index (χ0n) is 11.0. The largest absolute Gasteiger partial charge is 0.489 e. The van der Waals surface area contributed by atoms with Crippen molar-refractivity contribution in [3.8, 4) is 5.75 Å². The van der Waals surface area contributed by atoms with E-state index in [1.165, 1.54) is 17.7 Å². The van der Waals surface area contributed by atoms with Crippen molar-refractivity contribution in [3.63, 3.8) is 0 Å². The predicted molar refractivity (Wildman–Crippen MR) is 73.2 cm³/mol. The predicted octanol–water partition coefficient (Wildman–Crippen LogP) is 3.88. The summed E-state index contributed by atoms with van der Waals surface area (Å²) in [6.45, 7) is 2.01. The minimum Gasteiger partial charge on any atom is -0.489 e. The Morgan fingerprint density at radius 3 is 2.50 bits per heavy atom. The van der Waals surface area contributed by atoms with Crippen LogP contribution in [0.5, 0.6) is 5.75 Å². The maximum Gasteiger partial charge on any atom is 0.305 e. The molecule has 20 heavy (non-hydrogen) atoms. The number of hydrogen-bond acceptors (Lipinski definition) is 3. The van der Waals surface area contributed by atoms with E-state index in [2.05, 4.69) is 0 Å². The van der Waals surface area contributed by atoms with Gasteiger partial charge in [0.05, 0.1) is 4.92 Å². The normalized spacial score (nSPS) is 10.3. The Morgan fingerprint density at radius 2 is 1.90 bits per heavy atom. The number of hydrogen-bond donors (Lipinski definition) is 0. The van der Waals surface area contributed by atoms with Gasteiger partial charge in [-0.2, -0.15) is 4.39 Å². The number of nitrogens with zero attached hydrogens (tertiary/aromatic N) is 1. The topological polar surface area (TPSA) is 52.4 Å². The molecule has 0 amide bonds. The van der Waals surface area contributed by atoms with Crippen molar-refractivity contribution in [1.82, 2.24) is 0 Å². The molecular weight excluding hydrogens is 261 g/mol. The molecule has 0 fully saturated rings. The van der Waals surface area contributed by atoms with Gasteiger partial charge in [-0.1, -0.05) is 31.2 Å². The van der Waals surface area contributed by atoms with Crippen LogP contribution in [0.4, 0.5) is 10.1 Å². The molecule has 104 valence electrons. The first kappa shape index (κ1) is 14.0. The van der Waals surface area contributed by atoms with Crippen LogP contribution in [0, 0.1) is 15.9 Å². The van der Waals surface area contributed by atoms with Crippen molar-refractivity contribution in [2.75, 3.05) is 0 Å². The van der Waals surface area contributed by atoms with Crippen LogP contribution in [0.15, 0.2) is 42.5 Å². The second kappa shape index (κ2) is 6.14. The van der Waals surface area contributed by atoms with Gasteiger partial charge in [-0.3, -0.25) is 10.1 Å². The van der Waals surface area contributed by atoms with Crippen molar-refractivity contribution in [3.05, 3.63) is 69.5 Å². The Kier molecular flexibility index (Phi) is 4.30. The molecule has 5 heteroatoms. The number of ether oxygens (including phenoxy) is 1. The lowest BCUT2D eigenvalue weighted by atomic mass is 10.1. The molecule has 0 aliphatic rings. The van der Waals surface area contributed by atoms with Gasteiger partial charge >= 0.3 is 5.69 Å². The van der Waals surface area contributed by atoms with Crippen LogP contribution in [0.2, 0.25) is 0 Å². The minimum atomic E-state index is -0.845. The first-order valence-electron chi connectivity index (χ1n) is 6.25. The molecule has 0 aliphatic heterocycles. The number of aryl methyl sites for hydroxylation is 1. The van der Waals surface area contributed by atoms with Crippen LogP contribution < -0.4 is 4.74 Å². The highest BCUT2D eigenvalue weighted by Crippen LogP contribution is 2.22. The van der Waals surface area contributed by atoms with E-state index in [1.54, 1.807) is 12.1 Å². The molecule has 0 aromatic heterocycles. The number of nitro groups is 1. The maximum atomic E-state index is 13.8. The summed E-state index contributed by atoms with van der Waals surface area (Å²) in [6, 6.07) is 11.5. The molecule has 0 spiro atoms. The summed E-state index contributed by atoms with van der Waals surface area (Å²) in [5.41, 5.74) is 0.810. The highest BCUT2D eigenvalue weighted by Gasteiger charge is 2.17. The van der Waals surface area contributed by atoms with E-state index in [-0.39, 0.29) is 12.2 Å². The van der Waals surface area contributed by atoms with E-state index in [0.717, 1.165) is 12.5 Å². The number of halogens is 1. The molecule has 2 aromatic rings. The Bertz CT molecular complexity index is 611. The van der Waals surface area contributed by atoms with Crippen LogP contribution in [0.3, 0.4) is 0 Å². The highest BCUT2D eigenvalue weighted by atomic mass is 19.1. The van der Waals surface area contributed by atoms with Crippen LogP contribution in [-0.4, -0.2) is 4.92 Å². The molecule has 2 aromatic carbocycles. The average Bonchev–Trinajstić information content (AvgIpc) is 2.46. The molecule has 0 bridgehead atoms. The van der Waals surface area contributed by atoms with E-state index in [0.29, 0.717) is 5.75 Å². The maximum absolute atomic E-state index is 13.8. The van der Waals surface area contributed by atoms with Gasteiger partial charge in [-0.15, -0.1) is 0 Å². The fraction of sp³-hybridized carbons (Fsp3) is 0.200. The summed E-state index contributed by atoms with van der Waals surface area (Å²) in [5.74, 6) is -0.240. The molecule has 0 N–H and O–H groups in total. The molecule has 0 atom stereocenters. The van der Waals surface area contributed by atoms with Gasteiger partial charge in [0.15, 0.2) is 0 Å². The summed E-state index contributed by atoms with van der Waals surface area (Å²) in [4.78, 5) is 9.90. The van der Waals surface area contributed by atoms with Crippen LogP contribution in [0.25, 0.3) is 0 Å². The van der Waals surface area contributed by atoms with Crippen molar-refractivity contribution in [2.45, 2.75) is 20.0 Å². The van der Waals surface area contributed by atoms with Crippen LogP contribution in [0.1, 0.15) is 18.1 Å². The quantitative estimate of drug-likeness (QED) is 0.614. The molecule has 0 unspecified atom stereocenters. The third kappa shape index (κ3) is 3.12. The second-order valence-electron chi connectivity index (χ2n) is 4.29. The van der Waals surface area contributed by atoms with E-state index < -0.39 is 16.4 Å². The van der Waals surface area contributed by atoms with Crippen LogP contribution >= 0.6 is 0 Å². The molecule has 0 heterocycles. The Morgan fingerprint density at radius 1 is 1.20 bits per heavy atom. The minimum absolute atomic E-state index is 0.0427. The fourth-order valence-corrected chi connectivity index (χ4v) is 1.80. The van der Waals surface area contributed by atoms with E-state index in [4.69, 9.17) is 4.74 Å². The lowest BCUT2D eigenvalue weighted by Gasteiger charge is -2.07. The zero-order chi connectivity index (χ0) is 14.5. The van der Waals surface area contributed by atoms with Gasteiger partial charge in [0.2, 0.25) is 5.82 Å². The Labute approximate surface area is 116 Å². The summed E-state index contributed by atoms with van der Waals surface area (Å²) in [6.07, 6.45) is 0.930. The third-order valence-electron chi connectivity index (χ3n) is 2.98. The van der Waals surface area contributed by atoms with Gasteiger partial charge < -0.3 is 4.74 Å². The number of rotatable bonds is 5. The average molecular weight is 275 g/mol. The van der Waals surface area contributed by atoms with Crippen molar-refractivity contribution in [1.29, 1.82) is 0 Å². The van der Waals surface area contributed by atoms with Gasteiger partial charge in [-0.25, -0.2) is 0 Å². The molecule has 0 radical (unpaired) electrons.